The number of hydrogen-bond donors (Lipinski definition) is 1. The maximum atomic E-state index is 13.1. The predicted octanol–water partition coefficient (Wildman–Crippen LogP) is 1.78. The van der Waals surface area contributed by atoms with Crippen LogP contribution < -0.4 is 14.8 Å². The van der Waals surface area contributed by atoms with E-state index in [4.69, 9.17) is 14.2 Å². The van der Waals surface area contributed by atoms with Crippen LogP contribution in [0.4, 0.5) is 0 Å². The highest BCUT2D eigenvalue weighted by molar-refractivity contribution is 5.86. The summed E-state index contributed by atoms with van der Waals surface area (Å²) in [6, 6.07) is 4.00. The minimum Gasteiger partial charge on any atom is -0.493 e. The van der Waals surface area contributed by atoms with Crippen LogP contribution in [0.25, 0.3) is 0 Å². The number of ether oxygens (including phenoxy) is 3. The van der Waals surface area contributed by atoms with Gasteiger partial charge in [0, 0.05) is 20.2 Å². The third-order valence-electron chi connectivity index (χ3n) is 5.20. The fourth-order valence-corrected chi connectivity index (χ4v) is 3.68. The summed E-state index contributed by atoms with van der Waals surface area (Å²) in [6.07, 6.45) is 2.26. The molecular formula is C18H27ClN2O4. The van der Waals surface area contributed by atoms with E-state index in [0.717, 1.165) is 43.7 Å². The van der Waals surface area contributed by atoms with E-state index in [1.807, 2.05) is 17.0 Å². The summed E-state index contributed by atoms with van der Waals surface area (Å²) in [5.74, 6) is 1.54. The lowest BCUT2D eigenvalue weighted by Crippen LogP contribution is -2.56. The number of fused-ring (bicyclic) bond motifs is 1. The Morgan fingerprint density at radius 2 is 1.68 bits per heavy atom. The normalized spacial score (nSPS) is 18.8. The van der Waals surface area contributed by atoms with Crippen molar-refractivity contribution < 1.29 is 19.0 Å². The second-order valence-electron chi connectivity index (χ2n) is 6.40. The largest absolute Gasteiger partial charge is 0.493 e. The second kappa shape index (κ2) is 8.25. The Hall–Kier alpha value is -1.50. The molecule has 0 atom stereocenters. The molecule has 1 aromatic rings. The van der Waals surface area contributed by atoms with Crippen LogP contribution in [-0.4, -0.2) is 57.4 Å². The van der Waals surface area contributed by atoms with Crippen LogP contribution in [0, 0.1) is 0 Å². The van der Waals surface area contributed by atoms with Gasteiger partial charge in [0.15, 0.2) is 11.5 Å². The highest BCUT2D eigenvalue weighted by Gasteiger charge is 2.43. The molecule has 0 spiro atoms. The Labute approximate surface area is 155 Å². The zero-order valence-electron chi connectivity index (χ0n) is 15.1. The van der Waals surface area contributed by atoms with Crippen LogP contribution in [-0.2, 0) is 22.5 Å². The third kappa shape index (κ3) is 3.71. The van der Waals surface area contributed by atoms with Gasteiger partial charge in [0.2, 0.25) is 0 Å². The van der Waals surface area contributed by atoms with Gasteiger partial charge < -0.3 is 24.4 Å². The van der Waals surface area contributed by atoms with E-state index >= 15 is 0 Å². The van der Waals surface area contributed by atoms with Crippen molar-refractivity contribution >= 4 is 18.3 Å². The smallest absolute Gasteiger partial charge is 0.255 e. The van der Waals surface area contributed by atoms with Crippen LogP contribution in [0.15, 0.2) is 12.1 Å². The number of rotatable bonds is 4. The summed E-state index contributed by atoms with van der Waals surface area (Å²) in [6.45, 7) is 2.93. The molecule has 7 heteroatoms. The molecule has 3 rings (SSSR count). The van der Waals surface area contributed by atoms with Gasteiger partial charge in [-0.25, -0.2) is 0 Å². The molecule has 0 aliphatic carbocycles. The summed E-state index contributed by atoms with van der Waals surface area (Å²) < 4.78 is 16.5. The van der Waals surface area contributed by atoms with Gasteiger partial charge in [-0.05, 0) is 55.6 Å². The van der Waals surface area contributed by atoms with E-state index in [1.165, 1.54) is 5.56 Å². The van der Waals surface area contributed by atoms with Crippen LogP contribution in [0.3, 0.4) is 0 Å². The zero-order valence-corrected chi connectivity index (χ0v) is 15.9. The van der Waals surface area contributed by atoms with Gasteiger partial charge in [0.1, 0.15) is 5.60 Å². The molecule has 140 valence electrons. The first-order valence-electron chi connectivity index (χ1n) is 8.42. The van der Waals surface area contributed by atoms with E-state index in [0.29, 0.717) is 18.8 Å². The molecule has 2 aliphatic heterocycles. The number of carbonyl (C=O) groups is 1. The molecule has 0 aromatic heterocycles. The molecule has 1 saturated heterocycles. The van der Waals surface area contributed by atoms with E-state index in [2.05, 4.69) is 5.32 Å². The van der Waals surface area contributed by atoms with Gasteiger partial charge in [-0.1, -0.05) is 0 Å². The summed E-state index contributed by atoms with van der Waals surface area (Å²) >= 11 is 0. The highest BCUT2D eigenvalue weighted by Crippen LogP contribution is 2.34. The Kier molecular flexibility index (Phi) is 6.54. The molecule has 1 fully saturated rings. The number of methoxy groups -OCH3 is 3. The number of amides is 1. The average molecular weight is 371 g/mol. The second-order valence-corrected chi connectivity index (χ2v) is 6.40. The third-order valence-corrected chi connectivity index (χ3v) is 5.20. The van der Waals surface area contributed by atoms with Gasteiger partial charge in [-0.3, -0.25) is 4.79 Å². The lowest BCUT2D eigenvalue weighted by Gasteiger charge is -2.40. The predicted molar refractivity (Wildman–Crippen MR) is 97.8 cm³/mol. The fourth-order valence-electron chi connectivity index (χ4n) is 3.68. The Morgan fingerprint density at radius 1 is 1.08 bits per heavy atom. The Bertz CT molecular complexity index is 617. The number of hydrogen-bond acceptors (Lipinski definition) is 5. The molecule has 2 aliphatic rings. The van der Waals surface area contributed by atoms with Crippen LogP contribution in [0.2, 0.25) is 0 Å². The van der Waals surface area contributed by atoms with Gasteiger partial charge >= 0.3 is 0 Å². The molecule has 1 amide bonds. The summed E-state index contributed by atoms with van der Waals surface area (Å²) in [5.41, 5.74) is 1.65. The van der Waals surface area contributed by atoms with Crippen molar-refractivity contribution in [3.05, 3.63) is 23.3 Å². The van der Waals surface area contributed by atoms with Gasteiger partial charge in [0.25, 0.3) is 5.91 Å². The Morgan fingerprint density at radius 3 is 2.24 bits per heavy atom. The standard InChI is InChI=1S/C18H26N2O4.ClH/c1-22-15-10-13-4-9-20(12-14(13)11-16(15)23-2)17(21)18(24-3)5-7-19-8-6-18;/h10-11,19H,4-9,12H2,1-3H3;1H. The monoisotopic (exact) mass is 370 g/mol. The topological polar surface area (TPSA) is 60.0 Å². The Balaban J connectivity index is 0.00000225. The molecule has 0 radical (unpaired) electrons. The lowest BCUT2D eigenvalue weighted by molar-refractivity contribution is -0.159. The van der Waals surface area contributed by atoms with E-state index < -0.39 is 5.60 Å². The molecule has 0 unspecified atom stereocenters. The molecular weight excluding hydrogens is 344 g/mol. The number of benzene rings is 1. The first-order valence-corrected chi connectivity index (χ1v) is 8.42. The zero-order chi connectivity index (χ0) is 17.2. The van der Waals surface area contributed by atoms with Crippen molar-refractivity contribution in [2.45, 2.75) is 31.4 Å². The lowest BCUT2D eigenvalue weighted by atomic mass is 9.89. The van der Waals surface area contributed by atoms with Crippen molar-refractivity contribution in [1.29, 1.82) is 0 Å². The van der Waals surface area contributed by atoms with Crippen molar-refractivity contribution in [3.8, 4) is 11.5 Å². The summed E-state index contributed by atoms with van der Waals surface area (Å²) in [7, 11) is 4.92. The number of piperidine rings is 1. The van der Waals surface area contributed by atoms with Crippen molar-refractivity contribution in [2.75, 3.05) is 41.0 Å². The highest BCUT2D eigenvalue weighted by atomic mass is 35.5. The average Bonchev–Trinajstić information content (AvgIpc) is 2.66. The quantitative estimate of drug-likeness (QED) is 0.875. The molecule has 0 bridgehead atoms. The minimum atomic E-state index is -0.681. The molecule has 1 aromatic carbocycles. The molecule has 6 nitrogen and oxygen atoms in total. The number of nitrogens with zero attached hydrogens (tertiary/aromatic N) is 1. The van der Waals surface area contributed by atoms with Gasteiger partial charge in [-0.2, -0.15) is 0 Å². The number of halogens is 1. The number of nitrogens with one attached hydrogen (secondary N) is 1. The van der Waals surface area contributed by atoms with Crippen molar-refractivity contribution in [2.24, 2.45) is 0 Å². The molecule has 25 heavy (non-hydrogen) atoms. The maximum absolute atomic E-state index is 13.1. The fraction of sp³-hybridized carbons (Fsp3) is 0.611. The van der Waals surface area contributed by atoms with E-state index in [1.54, 1.807) is 21.3 Å². The van der Waals surface area contributed by atoms with Crippen LogP contribution >= 0.6 is 12.4 Å². The van der Waals surface area contributed by atoms with Gasteiger partial charge in [0.05, 0.1) is 14.2 Å². The minimum absolute atomic E-state index is 0. The molecule has 2 heterocycles. The summed E-state index contributed by atoms with van der Waals surface area (Å²) in [5, 5.41) is 3.29. The van der Waals surface area contributed by atoms with Crippen LogP contribution in [0.1, 0.15) is 24.0 Å². The first-order chi connectivity index (χ1) is 11.6. The van der Waals surface area contributed by atoms with E-state index in [9.17, 15) is 4.79 Å². The van der Waals surface area contributed by atoms with Crippen LogP contribution in [0.5, 0.6) is 11.5 Å². The van der Waals surface area contributed by atoms with Crippen molar-refractivity contribution in [1.82, 2.24) is 10.2 Å². The maximum Gasteiger partial charge on any atom is 0.255 e. The van der Waals surface area contributed by atoms with Crippen molar-refractivity contribution in [3.63, 3.8) is 0 Å². The summed E-state index contributed by atoms with van der Waals surface area (Å²) in [4.78, 5) is 15.0. The first kappa shape index (κ1) is 19.8. The van der Waals surface area contributed by atoms with Gasteiger partial charge in [-0.15, -0.1) is 12.4 Å². The number of carbonyl (C=O) groups excluding carboxylic acids is 1. The van der Waals surface area contributed by atoms with E-state index in [-0.39, 0.29) is 18.3 Å². The molecule has 0 saturated carbocycles. The molecule has 1 N–H and O–H groups in total. The SMILES string of the molecule is COc1cc2c(cc1OC)CN(C(=O)C1(OC)CCNCC1)CC2.Cl.